The van der Waals surface area contributed by atoms with Crippen molar-refractivity contribution in [2.24, 2.45) is 0 Å². The molecule has 0 aliphatic carbocycles. The van der Waals surface area contributed by atoms with Crippen molar-refractivity contribution in [3.05, 3.63) is 53.2 Å². The molecule has 1 unspecified atom stereocenters. The summed E-state index contributed by atoms with van der Waals surface area (Å²) in [6.45, 7) is 7.74. The van der Waals surface area contributed by atoms with Gasteiger partial charge in [-0.15, -0.1) is 0 Å². The molecule has 6 heteroatoms. The fourth-order valence-corrected chi connectivity index (χ4v) is 1.80. The number of nitrogens with zero attached hydrogens (tertiary/aromatic N) is 3. The van der Waals surface area contributed by atoms with Gasteiger partial charge in [0, 0.05) is 38.5 Å². The molecule has 2 rings (SSSR count). The Hall–Kier alpha value is -1.07. The summed E-state index contributed by atoms with van der Waals surface area (Å²) >= 11 is 0. The second-order valence-corrected chi connectivity index (χ2v) is 4.95. The summed E-state index contributed by atoms with van der Waals surface area (Å²) < 4.78 is 12.9. The van der Waals surface area contributed by atoms with E-state index in [1.54, 1.807) is 12.1 Å². The Kier molecular flexibility index (Phi) is 6.68. The van der Waals surface area contributed by atoms with E-state index in [9.17, 15) is 4.39 Å². The monoisotopic (exact) mass is 362 g/mol. The molecule has 1 heterocycles. The Morgan fingerprint density at radius 1 is 1.10 bits per heavy atom. The Morgan fingerprint density at radius 2 is 1.71 bits per heavy atom. The molecule has 1 radical (unpaired) electrons. The number of rotatable bonds is 4. The maximum absolute atomic E-state index is 12.9. The van der Waals surface area contributed by atoms with Crippen LogP contribution in [0.25, 0.3) is 0 Å². The summed E-state index contributed by atoms with van der Waals surface area (Å²) in [5.41, 5.74) is 0.975. The van der Waals surface area contributed by atoms with Crippen LogP contribution in [0.5, 0.6) is 0 Å². The molecule has 0 amide bonds. The number of halogens is 1. The summed E-state index contributed by atoms with van der Waals surface area (Å²) in [5.74, 6) is 2.69. The number of aryl methyl sites for hydroxylation is 1. The van der Waals surface area contributed by atoms with Crippen LogP contribution < -0.4 is 5.32 Å². The number of hydrogen-bond donors (Lipinski definition) is 1. The summed E-state index contributed by atoms with van der Waals surface area (Å²) in [6.07, 6.45) is 0. The van der Waals surface area contributed by atoms with Crippen molar-refractivity contribution in [2.75, 3.05) is 5.32 Å². The zero-order valence-electron chi connectivity index (χ0n) is 12.7. The van der Waals surface area contributed by atoms with Gasteiger partial charge in [-0.05, 0) is 31.5 Å². The molecule has 21 heavy (non-hydrogen) atoms. The molecule has 109 valence electrons. The third-order valence-corrected chi connectivity index (χ3v) is 2.91. The Bertz CT molecular complexity index is 587. The van der Waals surface area contributed by atoms with E-state index in [1.165, 1.54) is 12.1 Å². The average molecular weight is 362 g/mol. The van der Waals surface area contributed by atoms with Crippen LogP contribution in [0, 0.1) is 18.7 Å². The molecule has 0 saturated heterocycles. The van der Waals surface area contributed by atoms with Gasteiger partial charge in [0.15, 0.2) is 0 Å². The van der Waals surface area contributed by atoms with Gasteiger partial charge in [-0.1, -0.05) is 12.1 Å². The molecule has 0 aliphatic heterocycles. The van der Waals surface area contributed by atoms with Gasteiger partial charge in [0.05, 0.1) is 6.04 Å². The van der Waals surface area contributed by atoms with Crippen LogP contribution >= 0.6 is 0 Å². The Labute approximate surface area is 149 Å². The molecule has 0 bridgehead atoms. The van der Waals surface area contributed by atoms with Crippen LogP contribution in [0.2, 0.25) is 0 Å². The fourth-order valence-electron chi connectivity index (χ4n) is 1.80. The number of benzene rings is 1. The van der Waals surface area contributed by atoms with E-state index in [0.29, 0.717) is 17.6 Å². The Balaban J connectivity index is 0.00000220. The molecule has 0 aliphatic rings. The van der Waals surface area contributed by atoms with E-state index in [1.807, 2.05) is 27.7 Å². The van der Waals surface area contributed by atoms with Crippen LogP contribution in [-0.4, -0.2) is 15.0 Å². The third kappa shape index (κ3) is 5.01. The first kappa shape index (κ1) is 18.0. The standard InChI is InChI=1S/C15H18FN4.Y/c1-9(2)14-18-11(4)19-15(20-14)17-10(3)12-5-7-13(16)8-6-12;/h5-8,10H,1-4H3,(H,17,18,19,20);/q-1;. The summed E-state index contributed by atoms with van der Waals surface area (Å²) in [6, 6.07) is 6.38. The number of nitrogens with one attached hydrogen (secondary N) is 1. The van der Waals surface area contributed by atoms with E-state index in [0.717, 1.165) is 11.5 Å². The van der Waals surface area contributed by atoms with Gasteiger partial charge in [0.1, 0.15) is 11.6 Å². The topological polar surface area (TPSA) is 50.7 Å². The average Bonchev–Trinajstić information content (AvgIpc) is 2.38. The third-order valence-electron chi connectivity index (χ3n) is 2.91. The SMILES string of the molecule is Cc1nc(NC(C)c2ccc(F)cc2)nc([C-](C)C)n1.[Y]. The zero-order valence-corrected chi connectivity index (χ0v) is 15.5. The molecular weight excluding hydrogens is 344 g/mol. The van der Waals surface area contributed by atoms with Crippen LogP contribution in [-0.2, 0) is 32.7 Å². The minimum atomic E-state index is -0.240. The van der Waals surface area contributed by atoms with E-state index < -0.39 is 0 Å². The van der Waals surface area contributed by atoms with Crippen molar-refractivity contribution < 1.29 is 37.1 Å². The molecule has 0 fully saturated rings. The van der Waals surface area contributed by atoms with Gasteiger partial charge in [-0.25, -0.2) is 9.37 Å². The van der Waals surface area contributed by atoms with Gasteiger partial charge >= 0.3 is 0 Å². The van der Waals surface area contributed by atoms with Gasteiger partial charge in [0.25, 0.3) is 0 Å². The minimum absolute atomic E-state index is 0. The second-order valence-electron chi connectivity index (χ2n) is 4.95. The largest absolute Gasteiger partial charge is 0.348 e. The van der Waals surface area contributed by atoms with Gasteiger partial charge in [-0.3, -0.25) is 4.98 Å². The van der Waals surface area contributed by atoms with Crippen molar-refractivity contribution in [3.63, 3.8) is 0 Å². The van der Waals surface area contributed by atoms with Crippen LogP contribution in [0.3, 0.4) is 0 Å². The zero-order chi connectivity index (χ0) is 14.7. The van der Waals surface area contributed by atoms with E-state index in [-0.39, 0.29) is 44.6 Å². The normalized spacial score (nSPS) is 11.5. The number of anilines is 1. The molecule has 1 N–H and O–H groups in total. The van der Waals surface area contributed by atoms with Crippen molar-refractivity contribution in [2.45, 2.75) is 33.7 Å². The predicted molar refractivity (Wildman–Crippen MR) is 76.7 cm³/mol. The molecule has 0 spiro atoms. The molecule has 1 aromatic heterocycles. The molecule has 1 aromatic carbocycles. The first-order valence-electron chi connectivity index (χ1n) is 6.51. The fraction of sp³-hybridized carbons (Fsp3) is 0.333. The van der Waals surface area contributed by atoms with Crippen LogP contribution in [0.4, 0.5) is 10.3 Å². The van der Waals surface area contributed by atoms with E-state index in [4.69, 9.17) is 0 Å². The maximum Gasteiger partial charge on any atom is 0.224 e. The molecular formula is C15H18FN4Y-. The number of aromatic nitrogens is 3. The van der Waals surface area contributed by atoms with Gasteiger partial charge < -0.3 is 11.2 Å². The molecule has 4 nitrogen and oxygen atoms in total. The summed E-state index contributed by atoms with van der Waals surface area (Å²) in [7, 11) is 0. The van der Waals surface area contributed by atoms with E-state index >= 15 is 0 Å². The first-order valence-corrected chi connectivity index (χ1v) is 6.51. The molecule has 1 atom stereocenters. The van der Waals surface area contributed by atoms with Gasteiger partial charge in [0.2, 0.25) is 5.95 Å². The van der Waals surface area contributed by atoms with E-state index in [2.05, 4.69) is 20.3 Å². The molecule has 0 saturated carbocycles. The van der Waals surface area contributed by atoms with Crippen molar-refractivity contribution in [1.29, 1.82) is 0 Å². The van der Waals surface area contributed by atoms with Crippen molar-refractivity contribution in [3.8, 4) is 0 Å². The van der Waals surface area contributed by atoms with Crippen LogP contribution in [0.15, 0.2) is 24.3 Å². The van der Waals surface area contributed by atoms with Crippen LogP contribution in [0.1, 0.15) is 44.0 Å². The predicted octanol–water partition coefficient (Wildman–Crippen LogP) is 3.45. The van der Waals surface area contributed by atoms with Gasteiger partial charge in [-0.2, -0.15) is 18.8 Å². The number of hydrogen-bond acceptors (Lipinski definition) is 4. The quantitative estimate of drug-likeness (QED) is 0.847. The summed E-state index contributed by atoms with van der Waals surface area (Å²) in [4.78, 5) is 12.9. The first-order chi connectivity index (χ1) is 9.45. The second kappa shape index (κ2) is 7.80. The summed E-state index contributed by atoms with van der Waals surface area (Å²) in [5, 5.41) is 3.22. The molecule has 2 aromatic rings. The minimum Gasteiger partial charge on any atom is -0.348 e. The van der Waals surface area contributed by atoms with Crippen molar-refractivity contribution in [1.82, 2.24) is 15.0 Å². The smallest absolute Gasteiger partial charge is 0.224 e. The maximum atomic E-state index is 12.9. The van der Waals surface area contributed by atoms with Crippen molar-refractivity contribution >= 4 is 5.95 Å². The Morgan fingerprint density at radius 3 is 2.29 bits per heavy atom.